The van der Waals surface area contributed by atoms with Crippen molar-refractivity contribution in [1.82, 2.24) is 5.32 Å². The molecule has 1 atom stereocenters. The van der Waals surface area contributed by atoms with E-state index < -0.39 is 4.92 Å². The van der Waals surface area contributed by atoms with Crippen molar-refractivity contribution >= 4 is 17.3 Å². The fraction of sp³-hybridized carbons (Fsp3) is 0.538. The molecule has 0 fully saturated rings. The van der Waals surface area contributed by atoms with Crippen molar-refractivity contribution in [1.29, 1.82) is 0 Å². The Bertz CT molecular complexity index is 438. The quantitative estimate of drug-likeness (QED) is 0.597. The fourth-order valence-electron chi connectivity index (χ4n) is 1.87. The molecule has 19 heavy (non-hydrogen) atoms. The number of nitrogens with one attached hydrogen (secondary N) is 1. The normalized spacial score (nSPS) is 12.7. The predicted molar refractivity (Wildman–Crippen MR) is 75.3 cm³/mol. The molecule has 106 valence electrons. The zero-order valence-corrected chi connectivity index (χ0v) is 11.9. The number of aliphatic hydroxyl groups excluding tert-OH is 1. The number of aliphatic hydroxyl groups is 1. The lowest BCUT2D eigenvalue weighted by molar-refractivity contribution is -0.384. The molecular weight excluding hydrogens is 268 g/mol. The zero-order chi connectivity index (χ0) is 14.4. The summed E-state index contributed by atoms with van der Waals surface area (Å²) in [6, 6.07) is 4.96. The van der Waals surface area contributed by atoms with E-state index in [1.54, 1.807) is 6.07 Å². The third-order valence-electron chi connectivity index (χ3n) is 3.02. The third-order valence-corrected chi connectivity index (χ3v) is 3.34. The molecule has 0 amide bonds. The van der Waals surface area contributed by atoms with E-state index >= 15 is 0 Å². The van der Waals surface area contributed by atoms with Crippen molar-refractivity contribution in [3.63, 3.8) is 0 Å². The second kappa shape index (κ2) is 7.43. The Morgan fingerprint density at radius 2 is 2.16 bits per heavy atom. The van der Waals surface area contributed by atoms with Gasteiger partial charge in [0.05, 0.1) is 4.92 Å². The predicted octanol–water partition coefficient (Wildman–Crippen LogP) is 2.74. The number of hydrogen-bond donors (Lipinski definition) is 2. The minimum atomic E-state index is -0.487. The first kappa shape index (κ1) is 15.9. The monoisotopic (exact) mass is 286 g/mol. The molecule has 2 N–H and O–H groups in total. The van der Waals surface area contributed by atoms with Gasteiger partial charge in [-0.25, -0.2) is 0 Å². The number of benzene rings is 1. The van der Waals surface area contributed by atoms with Crippen LogP contribution in [0.4, 0.5) is 5.69 Å². The minimum Gasteiger partial charge on any atom is -0.396 e. The van der Waals surface area contributed by atoms with Gasteiger partial charge in [-0.15, -0.1) is 0 Å². The minimum absolute atomic E-state index is 0.0794. The number of nitro benzene ring substituents is 1. The maximum absolute atomic E-state index is 10.8. The van der Waals surface area contributed by atoms with Crippen LogP contribution >= 0.6 is 11.6 Å². The van der Waals surface area contributed by atoms with Crippen molar-refractivity contribution in [3.05, 3.63) is 38.9 Å². The molecule has 0 saturated heterocycles. The Morgan fingerprint density at radius 1 is 1.47 bits per heavy atom. The van der Waals surface area contributed by atoms with Gasteiger partial charge in [0.2, 0.25) is 0 Å². The molecule has 0 saturated carbocycles. The van der Waals surface area contributed by atoms with Crippen LogP contribution in [-0.4, -0.2) is 22.7 Å². The van der Waals surface area contributed by atoms with Crippen molar-refractivity contribution in [2.75, 3.05) is 6.61 Å². The van der Waals surface area contributed by atoms with Crippen LogP contribution in [0.5, 0.6) is 0 Å². The molecule has 1 rings (SSSR count). The van der Waals surface area contributed by atoms with Crippen LogP contribution in [-0.2, 0) is 6.54 Å². The molecule has 0 spiro atoms. The van der Waals surface area contributed by atoms with Gasteiger partial charge < -0.3 is 10.4 Å². The third kappa shape index (κ3) is 4.78. The summed E-state index contributed by atoms with van der Waals surface area (Å²) in [4.78, 5) is 10.3. The molecule has 5 nitrogen and oxygen atoms in total. The molecule has 0 bridgehead atoms. The SMILES string of the molecule is CC(C)C(CCO)NCc1ccc(Cl)c([N+](=O)[O-])c1. The van der Waals surface area contributed by atoms with Crippen molar-refractivity contribution < 1.29 is 10.0 Å². The van der Waals surface area contributed by atoms with Crippen molar-refractivity contribution in [3.8, 4) is 0 Å². The molecule has 0 aliphatic carbocycles. The summed E-state index contributed by atoms with van der Waals surface area (Å²) in [7, 11) is 0. The zero-order valence-electron chi connectivity index (χ0n) is 11.1. The lowest BCUT2D eigenvalue weighted by Crippen LogP contribution is -2.34. The molecule has 1 aromatic carbocycles. The highest BCUT2D eigenvalue weighted by Crippen LogP contribution is 2.25. The lowest BCUT2D eigenvalue weighted by Gasteiger charge is -2.21. The van der Waals surface area contributed by atoms with Gasteiger partial charge in [0.15, 0.2) is 0 Å². The second-order valence-electron chi connectivity index (χ2n) is 4.79. The number of rotatable bonds is 7. The first-order valence-electron chi connectivity index (χ1n) is 6.22. The Morgan fingerprint density at radius 3 is 2.68 bits per heavy atom. The molecule has 1 unspecified atom stereocenters. The van der Waals surface area contributed by atoms with E-state index in [0.29, 0.717) is 18.9 Å². The molecule has 0 heterocycles. The van der Waals surface area contributed by atoms with Gasteiger partial charge in [0.25, 0.3) is 5.69 Å². The summed E-state index contributed by atoms with van der Waals surface area (Å²) >= 11 is 5.76. The molecule has 0 aliphatic rings. The fourth-order valence-corrected chi connectivity index (χ4v) is 2.05. The molecule has 0 radical (unpaired) electrons. The highest BCUT2D eigenvalue weighted by atomic mass is 35.5. The van der Waals surface area contributed by atoms with Gasteiger partial charge >= 0.3 is 0 Å². The van der Waals surface area contributed by atoms with Gasteiger partial charge in [-0.1, -0.05) is 31.5 Å². The van der Waals surface area contributed by atoms with Crippen LogP contribution in [0.1, 0.15) is 25.8 Å². The van der Waals surface area contributed by atoms with E-state index in [2.05, 4.69) is 19.2 Å². The van der Waals surface area contributed by atoms with Gasteiger partial charge in [0.1, 0.15) is 5.02 Å². The first-order chi connectivity index (χ1) is 8.95. The van der Waals surface area contributed by atoms with Gasteiger partial charge in [-0.05, 0) is 24.0 Å². The highest BCUT2D eigenvalue weighted by molar-refractivity contribution is 6.32. The molecular formula is C13H19ClN2O3. The molecule has 1 aromatic rings. The van der Waals surface area contributed by atoms with Crippen molar-refractivity contribution in [2.45, 2.75) is 32.9 Å². The smallest absolute Gasteiger partial charge is 0.288 e. The maximum atomic E-state index is 10.8. The topological polar surface area (TPSA) is 75.4 Å². The summed E-state index contributed by atoms with van der Waals surface area (Å²) in [5, 5.41) is 23.2. The van der Waals surface area contributed by atoms with Crippen LogP contribution in [0.3, 0.4) is 0 Å². The van der Waals surface area contributed by atoms with Crippen molar-refractivity contribution in [2.24, 2.45) is 5.92 Å². The van der Waals surface area contributed by atoms with E-state index in [1.165, 1.54) is 12.1 Å². The summed E-state index contributed by atoms with van der Waals surface area (Å²) in [6.07, 6.45) is 0.660. The molecule has 6 heteroatoms. The number of halogens is 1. The van der Waals surface area contributed by atoms with E-state index in [9.17, 15) is 10.1 Å². The maximum Gasteiger partial charge on any atom is 0.288 e. The number of nitrogens with zero attached hydrogens (tertiary/aromatic N) is 1. The van der Waals surface area contributed by atoms with Crippen LogP contribution in [0.25, 0.3) is 0 Å². The number of hydrogen-bond acceptors (Lipinski definition) is 4. The summed E-state index contributed by atoms with van der Waals surface area (Å²) in [6.45, 7) is 4.77. The molecule has 0 aromatic heterocycles. The van der Waals surface area contributed by atoms with Crippen LogP contribution < -0.4 is 5.32 Å². The summed E-state index contributed by atoms with van der Waals surface area (Å²) in [5.74, 6) is 0.384. The lowest BCUT2D eigenvalue weighted by atomic mass is 10.0. The van der Waals surface area contributed by atoms with E-state index in [4.69, 9.17) is 16.7 Å². The van der Waals surface area contributed by atoms with E-state index in [1.807, 2.05) is 0 Å². The Labute approximate surface area is 117 Å². The van der Waals surface area contributed by atoms with E-state index in [0.717, 1.165) is 5.56 Å². The number of nitro groups is 1. The average Bonchev–Trinajstić information content (AvgIpc) is 2.35. The van der Waals surface area contributed by atoms with Crippen LogP contribution in [0.15, 0.2) is 18.2 Å². The Balaban J connectivity index is 2.72. The summed E-state index contributed by atoms with van der Waals surface area (Å²) < 4.78 is 0. The largest absolute Gasteiger partial charge is 0.396 e. The average molecular weight is 287 g/mol. The molecule has 0 aliphatic heterocycles. The standard InChI is InChI=1S/C13H19ClN2O3/c1-9(2)12(5-6-17)15-8-10-3-4-11(14)13(7-10)16(18)19/h3-4,7,9,12,15,17H,5-6,8H2,1-2H3. The second-order valence-corrected chi connectivity index (χ2v) is 5.19. The van der Waals surface area contributed by atoms with Gasteiger partial charge in [0, 0.05) is 25.3 Å². The first-order valence-corrected chi connectivity index (χ1v) is 6.60. The van der Waals surface area contributed by atoms with E-state index in [-0.39, 0.29) is 23.4 Å². The van der Waals surface area contributed by atoms with Gasteiger partial charge in [-0.3, -0.25) is 10.1 Å². The van der Waals surface area contributed by atoms with Gasteiger partial charge in [-0.2, -0.15) is 0 Å². The van der Waals surface area contributed by atoms with Crippen LogP contribution in [0.2, 0.25) is 5.02 Å². The Hall–Kier alpha value is -1.17. The van der Waals surface area contributed by atoms with Crippen LogP contribution in [0, 0.1) is 16.0 Å². The Kier molecular flexibility index (Phi) is 6.21. The highest BCUT2D eigenvalue weighted by Gasteiger charge is 2.15. The summed E-state index contributed by atoms with van der Waals surface area (Å²) in [5.41, 5.74) is 0.726.